The van der Waals surface area contributed by atoms with Gasteiger partial charge in [0.2, 0.25) is 5.91 Å². The minimum atomic E-state index is -1.14. The number of H-pyrrole nitrogens is 1. The molecule has 2 aromatic carbocycles. The standard InChI is InChI=1S/C23H21FN2O4/c1-12-5-18-15(11-30-21(18)6-13(12)2)8-22(27)26-20(23(28)29)7-14-10-25-19-9-16(24)3-4-17(14)19/h3-6,9-11,20,25H,7-8H2,1-2H3,(H,26,27)(H,28,29)/t20-/m1/s1. The number of rotatable bonds is 6. The zero-order valence-electron chi connectivity index (χ0n) is 16.6. The molecule has 30 heavy (non-hydrogen) atoms. The topological polar surface area (TPSA) is 95.3 Å². The van der Waals surface area contributed by atoms with Crippen LogP contribution in [0.25, 0.3) is 21.9 Å². The highest BCUT2D eigenvalue weighted by atomic mass is 19.1. The second-order valence-electron chi connectivity index (χ2n) is 7.54. The molecule has 0 aliphatic carbocycles. The van der Waals surface area contributed by atoms with E-state index >= 15 is 0 Å². The number of fused-ring (bicyclic) bond motifs is 2. The Morgan fingerprint density at radius 2 is 1.90 bits per heavy atom. The van der Waals surface area contributed by atoms with Gasteiger partial charge in [-0.3, -0.25) is 4.79 Å². The first-order chi connectivity index (χ1) is 14.3. The molecule has 4 rings (SSSR count). The van der Waals surface area contributed by atoms with E-state index in [0.717, 1.165) is 21.9 Å². The van der Waals surface area contributed by atoms with Crippen LogP contribution in [0.5, 0.6) is 0 Å². The van der Waals surface area contributed by atoms with Crippen molar-refractivity contribution in [3.05, 3.63) is 70.9 Å². The lowest BCUT2D eigenvalue weighted by Crippen LogP contribution is -2.43. The number of benzene rings is 2. The third-order valence-corrected chi connectivity index (χ3v) is 5.41. The third kappa shape index (κ3) is 3.78. The molecule has 1 atom stereocenters. The lowest BCUT2D eigenvalue weighted by atomic mass is 10.0. The first kappa shape index (κ1) is 19.7. The quantitative estimate of drug-likeness (QED) is 0.449. The summed E-state index contributed by atoms with van der Waals surface area (Å²) in [4.78, 5) is 27.3. The molecule has 154 valence electrons. The fourth-order valence-corrected chi connectivity index (χ4v) is 3.64. The van der Waals surface area contributed by atoms with Gasteiger partial charge in [-0.05, 0) is 60.9 Å². The number of aromatic nitrogens is 1. The number of carbonyl (C=O) groups excluding carboxylic acids is 1. The summed E-state index contributed by atoms with van der Waals surface area (Å²) in [6.45, 7) is 3.97. The average molecular weight is 408 g/mol. The van der Waals surface area contributed by atoms with Crippen LogP contribution in [0.1, 0.15) is 22.3 Å². The molecular weight excluding hydrogens is 387 g/mol. The number of hydrogen-bond acceptors (Lipinski definition) is 3. The summed E-state index contributed by atoms with van der Waals surface area (Å²) >= 11 is 0. The van der Waals surface area contributed by atoms with Crippen molar-refractivity contribution in [2.45, 2.75) is 32.7 Å². The van der Waals surface area contributed by atoms with Crippen molar-refractivity contribution in [2.75, 3.05) is 0 Å². The number of hydrogen-bond donors (Lipinski definition) is 3. The van der Waals surface area contributed by atoms with E-state index in [1.807, 2.05) is 26.0 Å². The number of halogens is 1. The van der Waals surface area contributed by atoms with Crippen LogP contribution in [-0.2, 0) is 22.4 Å². The van der Waals surface area contributed by atoms with Crippen LogP contribution in [-0.4, -0.2) is 28.0 Å². The number of amides is 1. The highest BCUT2D eigenvalue weighted by molar-refractivity contribution is 5.91. The van der Waals surface area contributed by atoms with Crippen molar-refractivity contribution in [1.82, 2.24) is 10.3 Å². The molecule has 3 N–H and O–H groups in total. The molecule has 0 saturated heterocycles. The molecule has 0 unspecified atom stereocenters. The summed E-state index contributed by atoms with van der Waals surface area (Å²) in [5, 5.41) is 13.8. The van der Waals surface area contributed by atoms with E-state index in [9.17, 15) is 19.1 Å². The Labute approximate surface area is 171 Å². The summed E-state index contributed by atoms with van der Waals surface area (Å²) in [6, 6.07) is 7.05. The van der Waals surface area contributed by atoms with Gasteiger partial charge < -0.3 is 19.8 Å². The van der Waals surface area contributed by atoms with Crippen LogP contribution in [0.15, 0.2) is 47.2 Å². The van der Waals surface area contributed by atoms with Gasteiger partial charge in [0.15, 0.2) is 0 Å². The summed E-state index contributed by atoms with van der Waals surface area (Å²) in [5.41, 5.74) is 4.86. The monoisotopic (exact) mass is 408 g/mol. The van der Waals surface area contributed by atoms with Gasteiger partial charge in [-0.15, -0.1) is 0 Å². The number of nitrogens with one attached hydrogen (secondary N) is 2. The van der Waals surface area contributed by atoms with Gasteiger partial charge in [-0.2, -0.15) is 0 Å². The minimum Gasteiger partial charge on any atom is -0.480 e. The molecule has 0 aliphatic heterocycles. The third-order valence-electron chi connectivity index (χ3n) is 5.41. The second kappa shape index (κ2) is 7.67. The number of carbonyl (C=O) groups is 2. The van der Waals surface area contributed by atoms with Crippen LogP contribution >= 0.6 is 0 Å². The summed E-state index contributed by atoms with van der Waals surface area (Å²) in [5.74, 6) is -1.92. The van der Waals surface area contributed by atoms with Crippen LogP contribution in [0.2, 0.25) is 0 Å². The highest BCUT2D eigenvalue weighted by Gasteiger charge is 2.23. The molecule has 0 spiro atoms. The Kier molecular flexibility index (Phi) is 5.03. The second-order valence-corrected chi connectivity index (χ2v) is 7.54. The van der Waals surface area contributed by atoms with Gasteiger partial charge in [0.1, 0.15) is 17.4 Å². The fraction of sp³-hybridized carbons (Fsp3) is 0.217. The summed E-state index contributed by atoms with van der Waals surface area (Å²) in [7, 11) is 0. The summed E-state index contributed by atoms with van der Waals surface area (Å²) < 4.78 is 18.9. The zero-order chi connectivity index (χ0) is 21.4. The Balaban J connectivity index is 1.51. The molecule has 0 bridgehead atoms. The number of aryl methyl sites for hydroxylation is 2. The Morgan fingerprint density at radius 3 is 2.67 bits per heavy atom. The molecular formula is C23H21FN2O4. The number of carboxylic acid groups (broad SMARTS) is 1. The zero-order valence-corrected chi connectivity index (χ0v) is 16.6. The molecule has 0 radical (unpaired) electrons. The molecule has 4 aromatic rings. The van der Waals surface area contributed by atoms with E-state index in [-0.39, 0.29) is 18.7 Å². The van der Waals surface area contributed by atoms with Gasteiger partial charge in [0, 0.05) is 34.5 Å². The lowest BCUT2D eigenvalue weighted by molar-refractivity contribution is -0.141. The van der Waals surface area contributed by atoms with Gasteiger partial charge in [0.25, 0.3) is 0 Å². The Morgan fingerprint density at radius 1 is 1.13 bits per heavy atom. The van der Waals surface area contributed by atoms with E-state index in [2.05, 4.69) is 10.3 Å². The van der Waals surface area contributed by atoms with Crippen LogP contribution in [0.3, 0.4) is 0 Å². The molecule has 7 heteroatoms. The molecule has 0 saturated carbocycles. The van der Waals surface area contributed by atoms with Crippen molar-refractivity contribution in [2.24, 2.45) is 0 Å². The maximum atomic E-state index is 13.4. The maximum absolute atomic E-state index is 13.4. The highest BCUT2D eigenvalue weighted by Crippen LogP contribution is 2.25. The summed E-state index contributed by atoms with van der Waals surface area (Å²) in [6.07, 6.45) is 3.27. The first-order valence-corrected chi connectivity index (χ1v) is 9.57. The van der Waals surface area contributed by atoms with Gasteiger partial charge >= 0.3 is 5.97 Å². The molecule has 2 heterocycles. The Bertz CT molecular complexity index is 1270. The number of carboxylic acids is 1. The molecule has 2 aromatic heterocycles. The smallest absolute Gasteiger partial charge is 0.326 e. The van der Waals surface area contributed by atoms with E-state index in [4.69, 9.17) is 4.42 Å². The molecule has 1 amide bonds. The van der Waals surface area contributed by atoms with E-state index in [0.29, 0.717) is 22.2 Å². The van der Waals surface area contributed by atoms with Gasteiger partial charge in [-0.25, -0.2) is 9.18 Å². The van der Waals surface area contributed by atoms with Crippen molar-refractivity contribution in [1.29, 1.82) is 0 Å². The number of furan rings is 1. The number of aromatic amines is 1. The predicted octanol–water partition coefficient (Wildman–Crippen LogP) is 4.02. The van der Waals surface area contributed by atoms with Gasteiger partial charge in [0.05, 0.1) is 12.7 Å². The van der Waals surface area contributed by atoms with Crippen LogP contribution in [0, 0.1) is 19.7 Å². The molecule has 6 nitrogen and oxygen atoms in total. The van der Waals surface area contributed by atoms with Crippen molar-refractivity contribution in [3.8, 4) is 0 Å². The lowest BCUT2D eigenvalue weighted by Gasteiger charge is -2.14. The predicted molar refractivity (Wildman–Crippen MR) is 111 cm³/mol. The van der Waals surface area contributed by atoms with Crippen LogP contribution < -0.4 is 5.32 Å². The molecule has 0 fully saturated rings. The van der Waals surface area contributed by atoms with E-state index < -0.39 is 17.9 Å². The normalized spacial score (nSPS) is 12.4. The fourth-order valence-electron chi connectivity index (χ4n) is 3.64. The minimum absolute atomic E-state index is 0.0123. The first-order valence-electron chi connectivity index (χ1n) is 9.57. The van der Waals surface area contributed by atoms with Gasteiger partial charge in [-0.1, -0.05) is 0 Å². The molecule has 0 aliphatic rings. The average Bonchev–Trinajstić information content (AvgIpc) is 3.25. The SMILES string of the molecule is Cc1cc2occ(CC(=O)N[C@H](Cc3c[nH]c4cc(F)ccc34)C(=O)O)c2cc1C. The number of aliphatic carboxylic acids is 1. The van der Waals surface area contributed by atoms with Crippen molar-refractivity contribution in [3.63, 3.8) is 0 Å². The largest absolute Gasteiger partial charge is 0.480 e. The van der Waals surface area contributed by atoms with Crippen LogP contribution in [0.4, 0.5) is 4.39 Å². The van der Waals surface area contributed by atoms with Crippen molar-refractivity contribution < 1.29 is 23.5 Å². The van der Waals surface area contributed by atoms with Crippen molar-refractivity contribution >= 4 is 33.7 Å². The maximum Gasteiger partial charge on any atom is 0.326 e. The Hall–Kier alpha value is -3.61. The van der Waals surface area contributed by atoms with E-state index in [1.165, 1.54) is 18.4 Å². The van der Waals surface area contributed by atoms with E-state index in [1.54, 1.807) is 12.3 Å².